The molecule has 0 radical (unpaired) electrons. The lowest BCUT2D eigenvalue weighted by Crippen LogP contribution is -2.24. The molecule has 0 aliphatic heterocycles. The van der Waals surface area contributed by atoms with Gasteiger partial charge in [-0.05, 0) is 13.0 Å². The third kappa shape index (κ3) is 3.43. The molecular weight excluding hydrogens is 290 g/mol. The van der Waals surface area contributed by atoms with Crippen molar-refractivity contribution < 1.29 is 14.3 Å². The maximum absolute atomic E-state index is 12.3. The van der Waals surface area contributed by atoms with Gasteiger partial charge in [0.1, 0.15) is 11.5 Å². The van der Waals surface area contributed by atoms with Gasteiger partial charge in [-0.3, -0.25) is 4.79 Å². The summed E-state index contributed by atoms with van der Waals surface area (Å²) in [5.41, 5.74) is 7.36. The molecule has 0 unspecified atom stereocenters. The molecule has 6 nitrogen and oxygen atoms in total. The fraction of sp³-hybridized carbons (Fsp3) is 0.286. The molecule has 3 N–H and O–H groups in total. The van der Waals surface area contributed by atoms with Gasteiger partial charge in [-0.1, -0.05) is 0 Å². The number of nitrogen functional groups attached to an aromatic ring is 1. The molecule has 0 bridgehead atoms. The SMILES string of the molecule is COc1cc(OC)c(N)c(C(=O)NCc2csc(C)n2)c1. The van der Waals surface area contributed by atoms with Crippen LogP contribution in [0.1, 0.15) is 21.1 Å². The molecule has 7 heteroatoms. The number of benzene rings is 1. The largest absolute Gasteiger partial charge is 0.497 e. The number of thiazole rings is 1. The van der Waals surface area contributed by atoms with Gasteiger partial charge in [0.2, 0.25) is 0 Å². The van der Waals surface area contributed by atoms with Gasteiger partial charge >= 0.3 is 0 Å². The van der Waals surface area contributed by atoms with Crippen molar-refractivity contribution in [1.29, 1.82) is 0 Å². The Hall–Kier alpha value is -2.28. The lowest BCUT2D eigenvalue weighted by Gasteiger charge is -2.12. The zero-order chi connectivity index (χ0) is 15.4. The number of rotatable bonds is 5. The highest BCUT2D eigenvalue weighted by atomic mass is 32.1. The van der Waals surface area contributed by atoms with Crippen molar-refractivity contribution in [2.75, 3.05) is 20.0 Å². The quantitative estimate of drug-likeness (QED) is 0.825. The number of nitrogens with two attached hydrogens (primary N) is 1. The highest BCUT2D eigenvalue weighted by Gasteiger charge is 2.16. The van der Waals surface area contributed by atoms with Gasteiger partial charge in [-0.15, -0.1) is 11.3 Å². The van der Waals surface area contributed by atoms with Gasteiger partial charge in [-0.2, -0.15) is 0 Å². The fourth-order valence-corrected chi connectivity index (χ4v) is 2.44. The van der Waals surface area contributed by atoms with E-state index in [9.17, 15) is 4.79 Å². The van der Waals surface area contributed by atoms with Crippen LogP contribution in [-0.2, 0) is 6.54 Å². The summed E-state index contributed by atoms with van der Waals surface area (Å²) in [5, 5.41) is 5.65. The molecule has 2 aromatic rings. The number of methoxy groups -OCH3 is 2. The van der Waals surface area contributed by atoms with Gasteiger partial charge in [0.15, 0.2) is 0 Å². The Kier molecular flexibility index (Phi) is 4.64. The molecule has 0 saturated heterocycles. The third-order valence-corrected chi connectivity index (χ3v) is 3.73. The van der Waals surface area contributed by atoms with Crippen molar-refractivity contribution in [2.45, 2.75) is 13.5 Å². The van der Waals surface area contributed by atoms with Gasteiger partial charge in [-0.25, -0.2) is 4.98 Å². The molecule has 0 spiro atoms. The highest BCUT2D eigenvalue weighted by Crippen LogP contribution is 2.30. The molecule has 1 amide bonds. The van der Waals surface area contributed by atoms with Crippen LogP contribution in [0.3, 0.4) is 0 Å². The van der Waals surface area contributed by atoms with E-state index < -0.39 is 0 Å². The number of ether oxygens (including phenoxy) is 2. The van der Waals surface area contributed by atoms with Crippen molar-refractivity contribution in [3.8, 4) is 11.5 Å². The first kappa shape index (κ1) is 15.1. The maximum Gasteiger partial charge on any atom is 0.253 e. The van der Waals surface area contributed by atoms with Crippen LogP contribution in [-0.4, -0.2) is 25.1 Å². The zero-order valence-electron chi connectivity index (χ0n) is 12.1. The lowest BCUT2D eigenvalue weighted by atomic mass is 10.1. The van der Waals surface area contributed by atoms with Crippen molar-refractivity contribution in [3.05, 3.63) is 33.8 Å². The number of carbonyl (C=O) groups is 1. The first-order valence-electron chi connectivity index (χ1n) is 6.26. The lowest BCUT2D eigenvalue weighted by molar-refractivity contribution is 0.0950. The van der Waals surface area contributed by atoms with Crippen LogP contribution in [0.25, 0.3) is 0 Å². The average Bonchev–Trinajstić information content (AvgIpc) is 2.90. The van der Waals surface area contributed by atoms with Crippen LogP contribution in [0.4, 0.5) is 5.69 Å². The number of anilines is 1. The number of hydrogen-bond acceptors (Lipinski definition) is 6. The minimum Gasteiger partial charge on any atom is -0.497 e. The summed E-state index contributed by atoms with van der Waals surface area (Å²) in [6.45, 7) is 2.27. The van der Waals surface area contributed by atoms with E-state index in [0.29, 0.717) is 23.6 Å². The number of carbonyl (C=O) groups excluding carboxylic acids is 1. The second kappa shape index (κ2) is 6.45. The first-order valence-corrected chi connectivity index (χ1v) is 7.13. The Balaban J connectivity index is 2.18. The summed E-state index contributed by atoms with van der Waals surface area (Å²) < 4.78 is 10.3. The van der Waals surface area contributed by atoms with E-state index in [0.717, 1.165) is 10.7 Å². The average molecular weight is 307 g/mol. The van der Waals surface area contributed by atoms with Gasteiger partial charge in [0, 0.05) is 11.4 Å². The number of aromatic nitrogens is 1. The molecular formula is C14H17N3O3S. The molecule has 21 heavy (non-hydrogen) atoms. The summed E-state index contributed by atoms with van der Waals surface area (Å²) in [6, 6.07) is 3.22. The number of nitrogens with zero attached hydrogens (tertiary/aromatic N) is 1. The first-order chi connectivity index (χ1) is 10.0. The van der Waals surface area contributed by atoms with Crippen molar-refractivity contribution in [1.82, 2.24) is 10.3 Å². The van der Waals surface area contributed by atoms with Gasteiger partial charge in [0.25, 0.3) is 5.91 Å². The number of amides is 1. The predicted octanol–water partition coefficient (Wildman–Crippen LogP) is 1.98. The maximum atomic E-state index is 12.3. The molecule has 1 aromatic carbocycles. The van der Waals surface area contributed by atoms with E-state index in [4.69, 9.17) is 15.2 Å². The minimum atomic E-state index is -0.296. The van der Waals surface area contributed by atoms with E-state index in [1.54, 1.807) is 23.5 Å². The normalized spacial score (nSPS) is 10.2. The third-order valence-electron chi connectivity index (χ3n) is 2.91. The smallest absolute Gasteiger partial charge is 0.253 e. The van der Waals surface area contributed by atoms with Gasteiger partial charge in [0.05, 0.1) is 42.7 Å². The van der Waals surface area contributed by atoms with Crippen LogP contribution in [0, 0.1) is 6.92 Å². The molecule has 0 saturated carbocycles. The van der Waals surface area contributed by atoms with Crippen LogP contribution in [0.2, 0.25) is 0 Å². The molecule has 0 atom stereocenters. The summed E-state index contributed by atoms with van der Waals surface area (Å²) in [5.74, 6) is 0.620. The summed E-state index contributed by atoms with van der Waals surface area (Å²) in [6.07, 6.45) is 0. The van der Waals surface area contributed by atoms with Gasteiger partial charge < -0.3 is 20.5 Å². The van der Waals surface area contributed by atoms with E-state index in [2.05, 4.69) is 10.3 Å². The number of aryl methyl sites for hydroxylation is 1. The molecule has 0 aliphatic carbocycles. The Morgan fingerprint density at radius 1 is 1.38 bits per heavy atom. The van der Waals surface area contributed by atoms with Crippen LogP contribution in [0.15, 0.2) is 17.5 Å². The van der Waals surface area contributed by atoms with E-state index in [1.165, 1.54) is 14.2 Å². The fourth-order valence-electron chi connectivity index (χ4n) is 1.83. The second-order valence-electron chi connectivity index (χ2n) is 4.33. The second-order valence-corrected chi connectivity index (χ2v) is 5.39. The van der Waals surface area contributed by atoms with E-state index in [1.807, 2.05) is 12.3 Å². The molecule has 112 valence electrons. The number of hydrogen-bond donors (Lipinski definition) is 2. The molecule has 2 rings (SSSR count). The number of nitrogens with one attached hydrogen (secondary N) is 1. The van der Waals surface area contributed by atoms with Crippen molar-refractivity contribution in [2.24, 2.45) is 0 Å². The molecule has 1 heterocycles. The topological polar surface area (TPSA) is 86.5 Å². The minimum absolute atomic E-state index is 0.283. The van der Waals surface area contributed by atoms with Crippen LogP contribution in [0.5, 0.6) is 11.5 Å². The van der Waals surface area contributed by atoms with E-state index in [-0.39, 0.29) is 11.6 Å². The summed E-state index contributed by atoms with van der Waals surface area (Å²) >= 11 is 1.54. The molecule has 0 fully saturated rings. The van der Waals surface area contributed by atoms with Crippen molar-refractivity contribution >= 4 is 22.9 Å². The van der Waals surface area contributed by atoms with Crippen LogP contribution < -0.4 is 20.5 Å². The Morgan fingerprint density at radius 3 is 2.71 bits per heavy atom. The molecule has 1 aromatic heterocycles. The molecule has 0 aliphatic rings. The van der Waals surface area contributed by atoms with E-state index >= 15 is 0 Å². The Labute approximate surface area is 126 Å². The van der Waals surface area contributed by atoms with Crippen molar-refractivity contribution in [3.63, 3.8) is 0 Å². The summed E-state index contributed by atoms with van der Waals surface area (Å²) in [7, 11) is 3.01. The predicted molar refractivity (Wildman–Crippen MR) is 82.0 cm³/mol. The van der Waals surface area contributed by atoms with Crippen LogP contribution >= 0.6 is 11.3 Å². The Morgan fingerprint density at radius 2 is 2.14 bits per heavy atom. The zero-order valence-corrected chi connectivity index (χ0v) is 12.9. The summed E-state index contributed by atoms with van der Waals surface area (Å²) in [4.78, 5) is 16.5. The highest BCUT2D eigenvalue weighted by molar-refractivity contribution is 7.09. The standard InChI is InChI=1S/C14H17N3O3S/c1-8-17-9(7-21-8)6-16-14(18)11-4-10(19-2)5-12(20-3)13(11)15/h4-5,7H,6,15H2,1-3H3,(H,16,18). The Bertz CT molecular complexity index is 655. The monoisotopic (exact) mass is 307 g/mol.